The van der Waals surface area contributed by atoms with Gasteiger partial charge in [-0.2, -0.15) is 0 Å². The van der Waals surface area contributed by atoms with Crippen LogP contribution in [0.25, 0.3) is 0 Å². The molecule has 2 amide bonds. The van der Waals surface area contributed by atoms with Crippen LogP contribution in [0.15, 0.2) is 24.3 Å². The van der Waals surface area contributed by atoms with Crippen molar-refractivity contribution in [3.05, 3.63) is 29.8 Å². The molecule has 1 aromatic rings. The summed E-state index contributed by atoms with van der Waals surface area (Å²) in [6, 6.07) is 6.81. The summed E-state index contributed by atoms with van der Waals surface area (Å²) in [6.45, 7) is 3.93. The first kappa shape index (κ1) is 15.5. The zero-order chi connectivity index (χ0) is 15.4. The lowest BCUT2D eigenvalue weighted by atomic mass is 10.1. The summed E-state index contributed by atoms with van der Waals surface area (Å²) in [5, 5.41) is 14.5. The van der Waals surface area contributed by atoms with Crippen molar-refractivity contribution in [3.63, 3.8) is 0 Å². The quantitative estimate of drug-likeness (QED) is 0.747. The molecule has 1 fully saturated rings. The molecule has 114 valence electrons. The van der Waals surface area contributed by atoms with Gasteiger partial charge in [0.1, 0.15) is 0 Å². The van der Waals surface area contributed by atoms with Crippen molar-refractivity contribution in [2.45, 2.75) is 32.7 Å². The second-order valence-electron chi connectivity index (χ2n) is 5.78. The molecule has 2 rings (SSSR count). The van der Waals surface area contributed by atoms with E-state index in [4.69, 9.17) is 5.11 Å². The maximum Gasteiger partial charge on any atom is 0.251 e. The molecule has 0 saturated heterocycles. The first-order chi connectivity index (χ1) is 10.0. The molecule has 5 heteroatoms. The summed E-state index contributed by atoms with van der Waals surface area (Å²) in [7, 11) is 0. The van der Waals surface area contributed by atoms with Crippen LogP contribution in [-0.2, 0) is 4.79 Å². The highest BCUT2D eigenvalue weighted by Gasteiger charge is 2.39. The van der Waals surface area contributed by atoms with E-state index in [0.29, 0.717) is 23.6 Å². The van der Waals surface area contributed by atoms with Gasteiger partial charge in [-0.1, -0.05) is 13.0 Å². The van der Waals surface area contributed by atoms with E-state index in [1.807, 2.05) is 6.92 Å². The van der Waals surface area contributed by atoms with Crippen LogP contribution >= 0.6 is 0 Å². The lowest BCUT2D eigenvalue weighted by Gasteiger charge is -2.13. The number of anilines is 1. The van der Waals surface area contributed by atoms with E-state index in [-0.39, 0.29) is 30.4 Å². The van der Waals surface area contributed by atoms with Crippen molar-refractivity contribution in [2.75, 3.05) is 11.9 Å². The van der Waals surface area contributed by atoms with E-state index in [9.17, 15) is 9.59 Å². The Balaban J connectivity index is 1.96. The zero-order valence-corrected chi connectivity index (χ0v) is 12.4. The van der Waals surface area contributed by atoms with Crippen LogP contribution in [0.5, 0.6) is 0 Å². The third kappa shape index (κ3) is 4.29. The maximum absolute atomic E-state index is 12.1. The Kier molecular flexibility index (Phi) is 4.96. The molecular weight excluding hydrogens is 268 g/mol. The molecule has 0 spiro atoms. The molecule has 0 heterocycles. The summed E-state index contributed by atoms with van der Waals surface area (Å²) in [6.07, 6.45) is 1.45. The van der Waals surface area contributed by atoms with Gasteiger partial charge in [0, 0.05) is 29.8 Å². The van der Waals surface area contributed by atoms with Crippen molar-refractivity contribution in [1.82, 2.24) is 5.32 Å². The van der Waals surface area contributed by atoms with Gasteiger partial charge in [0.05, 0.1) is 0 Å². The Bertz CT molecular complexity index is 530. The monoisotopic (exact) mass is 290 g/mol. The molecule has 0 radical (unpaired) electrons. The minimum absolute atomic E-state index is 0.0220. The Labute approximate surface area is 124 Å². The number of nitrogens with one attached hydrogen (secondary N) is 2. The van der Waals surface area contributed by atoms with Crippen molar-refractivity contribution >= 4 is 17.5 Å². The fraction of sp³-hybridized carbons (Fsp3) is 0.500. The zero-order valence-electron chi connectivity index (χ0n) is 12.4. The first-order valence-electron chi connectivity index (χ1n) is 7.34. The molecule has 21 heavy (non-hydrogen) atoms. The third-order valence-corrected chi connectivity index (χ3v) is 3.78. The number of benzene rings is 1. The SMILES string of the molecule is CC(CCO)NC(=O)c1cccc(NC(=O)C2CC2C)c1. The van der Waals surface area contributed by atoms with Crippen LogP contribution in [0, 0.1) is 11.8 Å². The number of carbonyl (C=O) groups is 2. The number of aliphatic hydroxyl groups excluding tert-OH is 1. The molecule has 3 N–H and O–H groups in total. The highest BCUT2D eigenvalue weighted by Crippen LogP contribution is 2.38. The predicted octanol–water partition coefficient (Wildman–Crippen LogP) is 1.78. The van der Waals surface area contributed by atoms with Gasteiger partial charge in [0.2, 0.25) is 5.91 Å². The minimum atomic E-state index is -0.202. The highest BCUT2D eigenvalue weighted by atomic mass is 16.3. The van der Waals surface area contributed by atoms with Gasteiger partial charge in [-0.3, -0.25) is 9.59 Å². The molecule has 5 nitrogen and oxygen atoms in total. The second kappa shape index (κ2) is 6.72. The first-order valence-corrected chi connectivity index (χ1v) is 7.34. The summed E-state index contributed by atoms with van der Waals surface area (Å²) in [5.74, 6) is 0.378. The van der Waals surface area contributed by atoms with Crippen LogP contribution in [0.2, 0.25) is 0 Å². The molecule has 0 aliphatic heterocycles. The lowest BCUT2D eigenvalue weighted by molar-refractivity contribution is -0.117. The van der Waals surface area contributed by atoms with E-state index >= 15 is 0 Å². The van der Waals surface area contributed by atoms with E-state index in [2.05, 4.69) is 17.6 Å². The topological polar surface area (TPSA) is 78.4 Å². The van der Waals surface area contributed by atoms with E-state index < -0.39 is 0 Å². The standard InChI is InChI=1S/C16H22N2O3/c1-10-8-14(10)16(21)18-13-5-3-4-12(9-13)15(20)17-11(2)6-7-19/h3-5,9-11,14,19H,6-8H2,1-2H3,(H,17,20)(H,18,21). The number of rotatable bonds is 6. The van der Waals surface area contributed by atoms with Crippen molar-refractivity contribution in [3.8, 4) is 0 Å². The molecule has 1 aliphatic rings. The smallest absolute Gasteiger partial charge is 0.251 e. The molecule has 3 unspecified atom stereocenters. The summed E-state index contributed by atoms with van der Waals surface area (Å²) < 4.78 is 0. The summed E-state index contributed by atoms with van der Waals surface area (Å²) >= 11 is 0. The fourth-order valence-electron chi connectivity index (χ4n) is 2.23. The number of hydrogen-bond acceptors (Lipinski definition) is 3. The highest BCUT2D eigenvalue weighted by molar-refractivity contribution is 5.98. The van der Waals surface area contributed by atoms with Crippen molar-refractivity contribution in [2.24, 2.45) is 11.8 Å². The Hall–Kier alpha value is -1.88. The van der Waals surface area contributed by atoms with Crippen LogP contribution in [0.1, 0.15) is 37.0 Å². The summed E-state index contributed by atoms with van der Waals surface area (Å²) in [5.41, 5.74) is 1.14. The van der Waals surface area contributed by atoms with Gasteiger partial charge in [-0.25, -0.2) is 0 Å². The number of aliphatic hydroxyl groups is 1. The van der Waals surface area contributed by atoms with Gasteiger partial charge < -0.3 is 15.7 Å². The van der Waals surface area contributed by atoms with Gasteiger partial charge in [0.25, 0.3) is 5.91 Å². The van der Waals surface area contributed by atoms with E-state index in [1.54, 1.807) is 24.3 Å². The predicted molar refractivity (Wildman–Crippen MR) is 81.0 cm³/mol. The van der Waals surface area contributed by atoms with E-state index in [0.717, 1.165) is 6.42 Å². The second-order valence-corrected chi connectivity index (χ2v) is 5.78. The minimum Gasteiger partial charge on any atom is -0.396 e. The largest absolute Gasteiger partial charge is 0.396 e. The van der Waals surface area contributed by atoms with Crippen LogP contribution in [0.3, 0.4) is 0 Å². The molecule has 0 bridgehead atoms. The molecule has 1 aromatic carbocycles. The fourth-order valence-corrected chi connectivity index (χ4v) is 2.23. The number of carbonyl (C=O) groups excluding carboxylic acids is 2. The average Bonchev–Trinajstić information content (AvgIpc) is 3.16. The van der Waals surface area contributed by atoms with Gasteiger partial charge >= 0.3 is 0 Å². The Morgan fingerprint density at radius 2 is 2.14 bits per heavy atom. The number of hydrogen-bond donors (Lipinski definition) is 3. The summed E-state index contributed by atoms with van der Waals surface area (Å²) in [4.78, 5) is 24.0. The Morgan fingerprint density at radius 3 is 2.76 bits per heavy atom. The third-order valence-electron chi connectivity index (χ3n) is 3.78. The van der Waals surface area contributed by atoms with Crippen LogP contribution in [-0.4, -0.2) is 29.6 Å². The average molecular weight is 290 g/mol. The lowest BCUT2D eigenvalue weighted by Crippen LogP contribution is -2.33. The molecule has 1 aliphatic carbocycles. The van der Waals surface area contributed by atoms with Gasteiger partial charge in [0.15, 0.2) is 0 Å². The number of amides is 2. The molecule has 0 aromatic heterocycles. The van der Waals surface area contributed by atoms with Crippen LogP contribution < -0.4 is 10.6 Å². The molecule has 3 atom stereocenters. The van der Waals surface area contributed by atoms with E-state index in [1.165, 1.54) is 0 Å². The molecular formula is C16H22N2O3. The van der Waals surface area contributed by atoms with Crippen LogP contribution in [0.4, 0.5) is 5.69 Å². The van der Waals surface area contributed by atoms with Crippen molar-refractivity contribution in [1.29, 1.82) is 0 Å². The molecule has 1 saturated carbocycles. The maximum atomic E-state index is 12.1. The normalized spacial score (nSPS) is 21.5. The van der Waals surface area contributed by atoms with Crippen molar-refractivity contribution < 1.29 is 14.7 Å². The van der Waals surface area contributed by atoms with Gasteiger partial charge in [-0.15, -0.1) is 0 Å². The van der Waals surface area contributed by atoms with Gasteiger partial charge in [-0.05, 0) is 43.9 Å². The Morgan fingerprint density at radius 1 is 1.43 bits per heavy atom.